The molecule has 6 heteroatoms. The summed E-state index contributed by atoms with van der Waals surface area (Å²) in [6, 6.07) is -0.873. The number of hydrogen-bond acceptors (Lipinski definition) is 3. The van der Waals surface area contributed by atoms with Crippen LogP contribution in [0.15, 0.2) is 0 Å². The molecule has 0 aromatic rings. The summed E-state index contributed by atoms with van der Waals surface area (Å²) in [5, 5.41) is 9.10. The molecule has 0 aromatic heterocycles. The first kappa shape index (κ1) is 13.1. The Hall–Kier alpha value is -1.33. The zero-order valence-corrected chi connectivity index (χ0v) is 10.7. The monoisotopic (exact) mass is 259 g/mol. The molecule has 1 aliphatic heterocycles. The number of likely N-dealkylation sites (tertiary alicyclic amines) is 1. The average Bonchev–Trinajstić information content (AvgIpc) is 2.67. The van der Waals surface area contributed by atoms with Gasteiger partial charge in [-0.2, -0.15) is 0 Å². The zero-order valence-electron chi connectivity index (χ0n) is 10.7. The molecule has 102 valence electrons. The average molecular weight is 259 g/mol. The number of carboxylic acid groups (broad SMARTS) is 1. The fraction of sp³-hybridized carbons (Fsp3) is 0.833. The highest BCUT2D eigenvalue weighted by Crippen LogP contribution is 2.45. The van der Waals surface area contributed by atoms with Crippen LogP contribution < -0.4 is 0 Å². The SMILES string of the molecule is CC(C)(C)OC(=O)N1C[C@@H]2C[C@H](F)[C@H]1[C@H]2C(=O)O. The molecule has 2 aliphatic rings. The van der Waals surface area contributed by atoms with Crippen molar-refractivity contribution >= 4 is 12.1 Å². The number of halogens is 1. The number of aliphatic carboxylic acids is 1. The highest BCUT2D eigenvalue weighted by atomic mass is 19.1. The van der Waals surface area contributed by atoms with Gasteiger partial charge in [0, 0.05) is 6.54 Å². The lowest BCUT2D eigenvalue weighted by atomic mass is 9.99. The zero-order chi connectivity index (χ0) is 13.7. The molecule has 1 heterocycles. The Morgan fingerprint density at radius 2 is 2.00 bits per heavy atom. The van der Waals surface area contributed by atoms with Gasteiger partial charge in [-0.1, -0.05) is 0 Å². The minimum absolute atomic E-state index is 0.223. The first-order valence-corrected chi connectivity index (χ1v) is 6.07. The molecule has 1 N–H and O–H groups in total. The molecule has 2 rings (SSSR count). The summed E-state index contributed by atoms with van der Waals surface area (Å²) in [6.45, 7) is 5.44. The number of nitrogens with zero attached hydrogens (tertiary/aromatic N) is 1. The van der Waals surface area contributed by atoms with Crippen molar-refractivity contribution in [3.8, 4) is 0 Å². The summed E-state index contributed by atoms with van der Waals surface area (Å²) in [5.41, 5.74) is -0.663. The van der Waals surface area contributed by atoms with E-state index >= 15 is 0 Å². The number of carboxylic acids is 1. The van der Waals surface area contributed by atoms with Crippen molar-refractivity contribution in [1.29, 1.82) is 0 Å². The first-order valence-electron chi connectivity index (χ1n) is 6.07. The van der Waals surface area contributed by atoms with E-state index in [9.17, 15) is 14.0 Å². The fourth-order valence-electron chi connectivity index (χ4n) is 2.90. The molecule has 4 atom stereocenters. The summed E-state index contributed by atoms with van der Waals surface area (Å²) in [7, 11) is 0. The Kier molecular flexibility index (Phi) is 2.99. The van der Waals surface area contributed by atoms with Gasteiger partial charge in [-0.05, 0) is 33.1 Å². The van der Waals surface area contributed by atoms with Crippen LogP contribution in [0.3, 0.4) is 0 Å². The van der Waals surface area contributed by atoms with Crippen molar-refractivity contribution in [3.63, 3.8) is 0 Å². The van der Waals surface area contributed by atoms with E-state index in [4.69, 9.17) is 9.84 Å². The number of ether oxygens (including phenoxy) is 1. The van der Waals surface area contributed by atoms with Gasteiger partial charge in [-0.25, -0.2) is 9.18 Å². The number of carbonyl (C=O) groups excluding carboxylic acids is 1. The van der Waals surface area contributed by atoms with Crippen molar-refractivity contribution in [2.24, 2.45) is 11.8 Å². The van der Waals surface area contributed by atoms with Gasteiger partial charge in [0.05, 0.1) is 12.0 Å². The molecule has 1 saturated carbocycles. The minimum Gasteiger partial charge on any atom is -0.481 e. The first-order chi connectivity index (χ1) is 8.20. The molecule has 0 unspecified atom stereocenters. The summed E-state index contributed by atoms with van der Waals surface area (Å²) in [5.74, 6) is -2.13. The van der Waals surface area contributed by atoms with E-state index in [0.29, 0.717) is 0 Å². The number of carbonyl (C=O) groups is 2. The lowest BCUT2D eigenvalue weighted by Gasteiger charge is -2.31. The van der Waals surface area contributed by atoms with Crippen molar-refractivity contribution in [2.75, 3.05) is 6.54 Å². The van der Waals surface area contributed by atoms with Crippen molar-refractivity contribution in [3.05, 3.63) is 0 Å². The molecule has 1 amide bonds. The van der Waals surface area contributed by atoms with E-state index in [0.717, 1.165) is 0 Å². The standard InChI is InChI=1S/C12H18FNO4/c1-12(2,3)18-11(17)14-5-6-4-7(13)9(14)8(6)10(15)16/h6-9H,4-5H2,1-3H3,(H,15,16)/t6-,7-,8-,9-/m0/s1. The number of hydrogen-bond donors (Lipinski definition) is 1. The summed E-state index contributed by atoms with van der Waals surface area (Å²) < 4.78 is 18.9. The number of amides is 1. The van der Waals surface area contributed by atoms with E-state index < -0.39 is 35.8 Å². The van der Waals surface area contributed by atoms with Gasteiger partial charge in [0.2, 0.25) is 0 Å². The third-order valence-corrected chi connectivity index (χ3v) is 3.48. The van der Waals surface area contributed by atoms with Gasteiger partial charge in [0.25, 0.3) is 0 Å². The maximum Gasteiger partial charge on any atom is 0.410 e. The predicted octanol–water partition coefficient (Wildman–Crippen LogP) is 1.66. The Balaban J connectivity index is 2.13. The van der Waals surface area contributed by atoms with Gasteiger partial charge in [0.1, 0.15) is 11.8 Å². The van der Waals surface area contributed by atoms with Crippen LogP contribution in [0, 0.1) is 11.8 Å². The van der Waals surface area contributed by atoms with Gasteiger partial charge >= 0.3 is 12.1 Å². The Morgan fingerprint density at radius 3 is 2.44 bits per heavy atom. The molecular weight excluding hydrogens is 241 g/mol. The quantitative estimate of drug-likeness (QED) is 0.777. The maximum atomic E-state index is 13.8. The normalized spacial score (nSPS) is 34.8. The lowest BCUT2D eigenvalue weighted by Crippen LogP contribution is -2.47. The molecule has 2 bridgehead atoms. The van der Waals surface area contributed by atoms with Gasteiger partial charge in [-0.15, -0.1) is 0 Å². The molecule has 1 saturated heterocycles. The molecule has 2 fully saturated rings. The van der Waals surface area contributed by atoms with Crippen LogP contribution >= 0.6 is 0 Å². The van der Waals surface area contributed by atoms with E-state index in [2.05, 4.69) is 0 Å². The third kappa shape index (κ3) is 2.15. The molecule has 0 aromatic carbocycles. The highest BCUT2D eigenvalue weighted by molar-refractivity contribution is 5.76. The molecular formula is C12H18FNO4. The predicted molar refractivity (Wildman–Crippen MR) is 60.9 cm³/mol. The van der Waals surface area contributed by atoms with E-state index in [1.54, 1.807) is 20.8 Å². The van der Waals surface area contributed by atoms with Gasteiger partial charge in [-0.3, -0.25) is 4.79 Å². The molecule has 0 radical (unpaired) electrons. The molecule has 5 nitrogen and oxygen atoms in total. The molecule has 18 heavy (non-hydrogen) atoms. The van der Waals surface area contributed by atoms with E-state index in [1.807, 2.05) is 0 Å². The molecule has 0 spiro atoms. The second-order valence-corrected chi connectivity index (χ2v) is 6.00. The maximum absolute atomic E-state index is 13.8. The fourth-order valence-corrected chi connectivity index (χ4v) is 2.90. The highest BCUT2D eigenvalue weighted by Gasteiger charge is 2.58. The number of rotatable bonds is 1. The van der Waals surface area contributed by atoms with Crippen LogP contribution in [0.4, 0.5) is 9.18 Å². The van der Waals surface area contributed by atoms with Crippen molar-refractivity contribution < 1.29 is 23.8 Å². The summed E-state index contributed by atoms with van der Waals surface area (Å²) in [6.07, 6.45) is -1.66. The largest absolute Gasteiger partial charge is 0.481 e. The Bertz CT molecular complexity index is 379. The van der Waals surface area contributed by atoms with Gasteiger partial charge < -0.3 is 14.7 Å². The third-order valence-electron chi connectivity index (χ3n) is 3.48. The Morgan fingerprint density at radius 1 is 1.39 bits per heavy atom. The van der Waals surface area contributed by atoms with Crippen LogP contribution in [0.5, 0.6) is 0 Å². The smallest absolute Gasteiger partial charge is 0.410 e. The minimum atomic E-state index is -1.27. The number of fused-ring (bicyclic) bond motifs is 2. The summed E-state index contributed by atoms with van der Waals surface area (Å²) in [4.78, 5) is 24.3. The van der Waals surface area contributed by atoms with Crippen molar-refractivity contribution in [2.45, 2.75) is 45.0 Å². The Labute approximate surface area is 105 Å². The lowest BCUT2D eigenvalue weighted by molar-refractivity contribution is -0.142. The van der Waals surface area contributed by atoms with Crippen LogP contribution in [0.25, 0.3) is 0 Å². The second kappa shape index (κ2) is 4.10. The summed E-state index contributed by atoms with van der Waals surface area (Å²) >= 11 is 0. The van der Waals surface area contributed by atoms with Crippen LogP contribution in [-0.2, 0) is 9.53 Å². The topological polar surface area (TPSA) is 66.8 Å². The van der Waals surface area contributed by atoms with E-state index in [1.165, 1.54) is 4.90 Å². The molecule has 1 aliphatic carbocycles. The number of piperidine rings is 1. The van der Waals surface area contributed by atoms with Gasteiger partial charge in [0.15, 0.2) is 0 Å². The van der Waals surface area contributed by atoms with E-state index in [-0.39, 0.29) is 18.9 Å². The second-order valence-electron chi connectivity index (χ2n) is 6.00. The van der Waals surface area contributed by atoms with Crippen LogP contribution in [0.2, 0.25) is 0 Å². The van der Waals surface area contributed by atoms with Crippen LogP contribution in [-0.4, -0.2) is 46.4 Å². The number of alkyl halides is 1. The van der Waals surface area contributed by atoms with Crippen LogP contribution in [0.1, 0.15) is 27.2 Å². The van der Waals surface area contributed by atoms with Crippen molar-refractivity contribution in [1.82, 2.24) is 4.90 Å².